The van der Waals surface area contributed by atoms with E-state index in [-0.39, 0.29) is 5.91 Å². The minimum Gasteiger partial charge on any atom is -0.508 e. The zero-order valence-corrected chi connectivity index (χ0v) is 14.2. The quantitative estimate of drug-likeness (QED) is 0.781. The summed E-state index contributed by atoms with van der Waals surface area (Å²) in [5, 5.41) is 9.41. The number of hydrogen-bond acceptors (Lipinski definition) is 3. The fourth-order valence-corrected chi connectivity index (χ4v) is 3.51. The summed E-state index contributed by atoms with van der Waals surface area (Å²) in [6, 6.07) is 11.4. The van der Waals surface area contributed by atoms with Gasteiger partial charge in [0.1, 0.15) is 17.1 Å². The summed E-state index contributed by atoms with van der Waals surface area (Å²) in [6.07, 6.45) is 5.61. The highest BCUT2D eigenvalue weighted by Crippen LogP contribution is 2.29. The summed E-state index contributed by atoms with van der Waals surface area (Å²) in [5.41, 5.74) is 3.68. The van der Waals surface area contributed by atoms with E-state index in [1.807, 2.05) is 52.9 Å². The van der Waals surface area contributed by atoms with Crippen LogP contribution in [0.2, 0.25) is 0 Å². The van der Waals surface area contributed by atoms with Crippen molar-refractivity contribution in [1.82, 2.24) is 14.3 Å². The molecule has 0 radical (unpaired) electrons. The Morgan fingerprint density at radius 3 is 2.60 bits per heavy atom. The average molecular weight is 335 g/mol. The van der Waals surface area contributed by atoms with Gasteiger partial charge in [-0.25, -0.2) is 4.98 Å². The second-order valence-electron chi connectivity index (χ2n) is 6.75. The lowest BCUT2D eigenvalue weighted by atomic mass is 9.89. The van der Waals surface area contributed by atoms with Gasteiger partial charge in [0, 0.05) is 25.5 Å². The predicted molar refractivity (Wildman–Crippen MR) is 95.9 cm³/mol. The number of phenols is 1. The Morgan fingerprint density at radius 1 is 1.16 bits per heavy atom. The Morgan fingerprint density at radius 2 is 1.88 bits per heavy atom. The number of pyridine rings is 1. The Hall–Kier alpha value is -2.82. The zero-order chi connectivity index (χ0) is 17.4. The van der Waals surface area contributed by atoms with Gasteiger partial charge in [-0.1, -0.05) is 12.1 Å². The molecular formula is C20H21N3O2. The van der Waals surface area contributed by atoms with E-state index in [2.05, 4.69) is 4.98 Å². The van der Waals surface area contributed by atoms with E-state index in [1.165, 1.54) is 5.56 Å². The number of piperidine rings is 1. The predicted octanol–water partition coefficient (Wildman–Crippen LogP) is 3.37. The number of likely N-dealkylation sites (tertiary alicyclic amines) is 1. The number of carbonyl (C=O) groups is 1. The molecule has 0 atom stereocenters. The minimum absolute atomic E-state index is 0.00510. The Balaban J connectivity index is 1.46. The fraction of sp³-hybridized carbons (Fsp3) is 0.300. The molecule has 0 aliphatic carbocycles. The van der Waals surface area contributed by atoms with Crippen LogP contribution in [0.25, 0.3) is 5.65 Å². The summed E-state index contributed by atoms with van der Waals surface area (Å²) in [5.74, 6) is 0.734. The summed E-state index contributed by atoms with van der Waals surface area (Å²) >= 11 is 0. The number of fused-ring (bicyclic) bond motifs is 1. The molecule has 1 amide bonds. The van der Waals surface area contributed by atoms with Gasteiger partial charge in [-0.15, -0.1) is 0 Å². The van der Waals surface area contributed by atoms with Crippen LogP contribution in [-0.2, 0) is 0 Å². The maximum Gasteiger partial charge on any atom is 0.274 e. The molecule has 1 fully saturated rings. The molecule has 3 aromatic rings. The molecule has 3 heterocycles. The maximum atomic E-state index is 12.8. The first-order valence-corrected chi connectivity index (χ1v) is 8.64. The van der Waals surface area contributed by atoms with E-state index in [0.29, 0.717) is 17.4 Å². The van der Waals surface area contributed by atoms with E-state index in [4.69, 9.17) is 0 Å². The van der Waals surface area contributed by atoms with Gasteiger partial charge < -0.3 is 14.4 Å². The smallest absolute Gasteiger partial charge is 0.274 e. The first-order valence-electron chi connectivity index (χ1n) is 8.64. The molecule has 0 spiro atoms. The molecule has 25 heavy (non-hydrogen) atoms. The van der Waals surface area contributed by atoms with Crippen LogP contribution in [-0.4, -0.2) is 38.4 Å². The van der Waals surface area contributed by atoms with Crippen LogP contribution in [0.15, 0.2) is 48.8 Å². The maximum absolute atomic E-state index is 12.8. The van der Waals surface area contributed by atoms with Crippen LogP contribution in [0.5, 0.6) is 5.75 Å². The van der Waals surface area contributed by atoms with Gasteiger partial charge in [0.05, 0.1) is 0 Å². The highest BCUT2D eigenvalue weighted by Gasteiger charge is 2.26. The third kappa shape index (κ3) is 3.09. The van der Waals surface area contributed by atoms with Crippen LogP contribution in [0.4, 0.5) is 0 Å². The van der Waals surface area contributed by atoms with Crippen molar-refractivity contribution < 1.29 is 9.90 Å². The Bertz CT molecular complexity index is 906. The second kappa shape index (κ2) is 6.24. The zero-order valence-electron chi connectivity index (χ0n) is 14.2. The van der Waals surface area contributed by atoms with Gasteiger partial charge in [0.15, 0.2) is 0 Å². The van der Waals surface area contributed by atoms with E-state index >= 15 is 0 Å². The number of rotatable bonds is 2. The highest BCUT2D eigenvalue weighted by molar-refractivity contribution is 5.93. The van der Waals surface area contributed by atoms with Crippen LogP contribution in [0.1, 0.15) is 40.4 Å². The lowest BCUT2D eigenvalue weighted by molar-refractivity contribution is 0.0707. The molecule has 1 aliphatic rings. The molecule has 128 valence electrons. The topological polar surface area (TPSA) is 57.8 Å². The number of imidazole rings is 1. The molecule has 5 nitrogen and oxygen atoms in total. The van der Waals surface area contributed by atoms with Crippen molar-refractivity contribution in [3.8, 4) is 5.75 Å². The molecule has 0 saturated carbocycles. The van der Waals surface area contributed by atoms with Crippen LogP contribution < -0.4 is 0 Å². The number of benzene rings is 1. The van der Waals surface area contributed by atoms with Crippen LogP contribution >= 0.6 is 0 Å². The monoisotopic (exact) mass is 335 g/mol. The number of aryl methyl sites for hydroxylation is 1. The standard InChI is InChI=1S/C20H21N3O2/c1-14-6-9-23-13-18(21-19(23)12-14)20(25)22-10-7-16(8-11-22)15-2-4-17(24)5-3-15/h2-6,9,12-13,16,24H,7-8,10-11H2,1H3. The van der Waals surface area contributed by atoms with Gasteiger partial charge in [0.2, 0.25) is 0 Å². The van der Waals surface area contributed by atoms with Gasteiger partial charge in [-0.2, -0.15) is 0 Å². The Kier molecular flexibility index (Phi) is 3.92. The van der Waals surface area contributed by atoms with E-state index in [9.17, 15) is 9.90 Å². The molecular weight excluding hydrogens is 314 g/mol. The number of aromatic nitrogens is 2. The number of aromatic hydroxyl groups is 1. The van der Waals surface area contributed by atoms with Crippen molar-refractivity contribution in [2.24, 2.45) is 0 Å². The SMILES string of the molecule is Cc1ccn2cc(C(=O)N3CCC(c4ccc(O)cc4)CC3)nc2c1. The molecule has 1 aromatic carbocycles. The second-order valence-corrected chi connectivity index (χ2v) is 6.75. The largest absolute Gasteiger partial charge is 0.508 e. The summed E-state index contributed by atoms with van der Waals surface area (Å²) < 4.78 is 1.89. The van der Waals surface area contributed by atoms with E-state index < -0.39 is 0 Å². The molecule has 0 bridgehead atoms. The van der Waals surface area contributed by atoms with Crippen molar-refractivity contribution in [2.45, 2.75) is 25.7 Å². The van der Waals surface area contributed by atoms with E-state index in [1.54, 1.807) is 12.1 Å². The van der Waals surface area contributed by atoms with Crippen molar-refractivity contribution >= 4 is 11.6 Å². The van der Waals surface area contributed by atoms with Crippen LogP contribution in [0, 0.1) is 6.92 Å². The average Bonchev–Trinajstić information content (AvgIpc) is 3.05. The summed E-state index contributed by atoms with van der Waals surface area (Å²) in [7, 11) is 0. The lowest BCUT2D eigenvalue weighted by Crippen LogP contribution is -2.38. The molecule has 1 N–H and O–H groups in total. The number of carbonyl (C=O) groups excluding carboxylic acids is 1. The van der Waals surface area contributed by atoms with Crippen LogP contribution in [0.3, 0.4) is 0 Å². The first kappa shape index (κ1) is 15.7. The van der Waals surface area contributed by atoms with Crippen molar-refractivity contribution in [1.29, 1.82) is 0 Å². The lowest BCUT2D eigenvalue weighted by Gasteiger charge is -2.31. The molecule has 4 rings (SSSR count). The van der Waals surface area contributed by atoms with E-state index in [0.717, 1.165) is 37.1 Å². The van der Waals surface area contributed by atoms with Gasteiger partial charge in [0.25, 0.3) is 5.91 Å². The summed E-state index contributed by atoms with van der Waals surface area (Å²) in [4.78, 5) is 19.1. The highest BCUT2D eigenvalue weighted by atomic mass is 16.3. The number of phenolic OH excluding ortho intramolecular Hbond substituents is 1. The fourth-order valence-electron chi connectivity index (χ4n) is 3.51. The number of nitrogens with zero attached hydrogens (tertiary/aromatic N) is 3. The molecule has 0 unspecified atom stereocenters. The molecule has 1 aliphatic heterocycles. The third-order valence-corrected chi connectivity index (χ3v) is 4.98. The number of hydrogen-bond donors (Lipinski definition) is 1. The Labute approximate surface area is 146 Å². The molecule has 5 heteroatoms. The van der Waals surface area contributed by atoms with Crippen molar-refractivity contribution in [3.63, 3.8) is 0 Å². The van der Waals surface area contributed by atoms with Gasteiger partial charge in [-0.3, -0.25) is 4.79 Å². The van der Waals surface area contributed by atoms with Crippen molar-refractivity contribution in [2.75, 3.05) is 13.1 Å². The summed E-state index contributed by atoms with van der Waals surface area (Å²) in [6.45, 7) is 3.48. The van der Waals surface area contributed by atoms with Gasteiger partial charge >= 0.3 is 0 Å². The number of amides is 1. The molecule has 1 saturated heterocycles. The molecule has 2 aromatic heterocycles. The normalized spacial score (nSPS) is 15.6. The van der Waals surface area contributed by atoms with Crippen molar-refractivity contribution in [3.05, 3.63) is 65.6 Å². The first-order chi connectivity index (χ1) is 12.1. The third-order valence-electron chi connectivity index (χ3n) is 4.98. The van der Waals surface area contributed by atoms with Gasteiger partial charge in [-0.05, 0) is 61.1 Å². The minimum atomic E-state index is 0.00510.